The smallest absolute Gasteiger partial charge is 0.306 e. The number of amides is 1. The summed E-state index contributed by atoms with van der Waals surface area (Å²) < 4.78 is 30.2. The molecule has 3 atom stereocenters. The van der Waals surface area contributed by atoms with E-state index >= 15 is 0 Å². The zero-order chi connectivity index (χ0) is 50.8. The molecule has 0 heterocycles. The van der Waals surface area contributed by atoms with E-state index in [2.05, 4.69) is 74.7 Å². The van der Waals surface area contributed by atoms with Gasteiger partial charge in [-0.3, -0.25) is 14.2 Å². The molecule has 0 aliphatic carbocycles. The Morgan fingerprint density at radius 1 is 0.522 bits per heavy atom. The van der Waals surface area contributed by atoms with E-state index < -0.39 is 26.6 Å². The molecule has 0 spiro atoms. The van der Waals surface area contributed by atoms with E-state index in [0.717, 1.165) is 83.5 Å². The lowest BCUT2D eigenvalue weighted by Gasteiger charge is -2.30. The molecule has 0 saturated heterocycles. The van der Waals surface area contributed by atoms with E-state index in [9.17, 15) is 19.0 Å². The van der Waals surface area contributed by atoms with E-state index in [1.165, 1.54) is 128 Å². The van der Waals surface area contributed by atoms with Crippen molar-refractivity contribution in [2.24, 2.45) is 0 Å². The number of carbonyl (C=O) groups excluding carboxylic acids is 2. The van der Waals surface area contributed by atoms with Gasteiger partial charge < -0.3 is 28.5 Å². The Hall–Kier alpha value is -2.29. The number of nitrogens with zero attached hydrogens (tertiary/aromatic N) is 1. The summed E-state index contributed by atoms with van der Waals surface area (Å²) in [5.74, 6) is -0.573. The minimum absolute atomic E-state index is 0.0291. The molecule has 0 aromatic heterocycles. The fraction of sp³-hybridized carbons (Fsp3) is 0.797. The highest BCUT2D eigenvalue weighted by atomic mass is 31.2. The predicted molar refractivity (Wildman–Crippen MR) is 293 cm³/mol. The van der Waals surface area contributed by atoms with Crippen molar-refractivity contribution in [1.29, 1.82) is 0 Å². The summed E-state index contributed by atoms with van der Waals surface area (Å²) in [5, 5.41) is 3.00. The number of ether oxygens (including phenoxy) is 1. The Kier molecular flexibility index (Phi) is 47.7. The molecule has 0 aliphatic rings. The third-order valence-corrected chi connectivity index (χ3v) is 13.4. The van der Waals surface area contributed by atoms with Crippen molar-refractivity contribution >= 4 is 19.7 Å². The third kappa shape index (κ3) is 50.4. The number of hydrogen-bond acceptors (Lipinski definition) is 7. The molecule has 3 unspecified atom stereocenters. The van der Waals surface area contributed by atoms with Crippen LogP contribution in [0.4, 0.5) is 0 Å². The zero-order valence-electron chi connectivity index (χ0n) is 45.8. The number of esters is 1. The van der Waals surface area contributed by atoms with E-state index in [1.807, 2.05) is 33.3 Å². The first kappa shape index (κ1) is 66.7. The van der Waals surface area contributed by atoms with E-state index in [0.29, 0.717) is 17.4 Å². The quantitative estimate of drug-likeness (QED) is 0.0212. The molecule has 1 N–H and O–H groups in total. The maximum Gasteiger partial charge on any atom is 0.306 e. The van der Waals surface area contributed by atoms with Crippen molar-refractivity contribution in [1.82, 2.24) is 5.32 Å². The second-order valence-electron chi connectivity index (χ2n) is 20.4. The van der Waals surface area contributed by atoms with Crippen LogP contribution >= 0.6 is 7.82 Å². The molecular formula is C59H109N2O7P. The van der Waals surface area contributed by atoms with Gasteiger partial charge in [-0.25, -0.2) is 0 Å². The summed E-state index contributed by atoms with van der Waals surface area (Å²) in [5.41, 5.74) is 0. The van der Waals surface area contributed by atoms with Crippen molar-refractivity contribution in [3.63, 3.8) is 0 Å². The van der Waals surface area contributed by atoms with Gasteiger partial charge >= 0.3 is 5.97 Å². The molecule has 9 nitrogen and oxygen atoms in total. The molecule has 0 aliphatic heterocycles. The molecule has 10 heteroatoms. The van der Waals surface area contributed by atoms with Crippen LogP contribution in [-0.2, 0) is 27.9 Å². The van der Waals surface area contributed by atoms with Crippen molar-refractivity contribution in [3.8, 4) is 0 Å². The largest absolute Gasteiger partial charge is 0.756 e. The average molecular weight is 990 g/mol. The third-order valence-electron chi connectivity index (χ3n) is 12.5. The average Bonchev–Trinajstić information content (AvgIpc) is 3.31. The number of quaternary nitrogens is 1. The fourth-order valence-electron chi connectivity index (χ4n) is 8.04. The number of hydrogen-bond donors (Lipinski definition) is 1. The highest BCUT2D eigenvalue weighted by Crippen LogP contribution is 2.38. The predicted octanol–water partition coefficient (Wildman–Crippen LogP) is 16.5. The van der Waals surface area contributed by atoms with Gasteiger partial charge in [0.25, 0.3) is 7.82 Å². The van der Waals surface area contributed by atoms with Crippen molar-refractivity contribution in [2.45, 2.75) is 264 Å². The van der Waals surface area contributed by atoms with Gasteiger partial charge in [-0.1, -0.05) is 230 Å². The number of phosphoric ester groups is 1. The van der Waals surface area contributed by atoms with E-state index in [-0.39, 0.29) is 31.3 Å². The van der Waals surface area contributed by atoms with Crippen molar-refractivity contribution in [2.75, 3.05) is 40.9 Å². The SMILES string of the molecule is CC/C=C/C/C=C/C/C=C/C/C=C/CCCCCC(=O)NC(COP(=O)([O-])OCC[N+](C)(C)C)C(/C=C/CCCCCCCCCCCC)OC(=O)CCCCCCCCCCCCCCCCC. The van der Waals surface area contributed by atoms with Crippen LogP contribution in [0.2, 0.25) is 0 Å². The van der Waals surface area contributed by atoms with Gasteiger partial charge in [-0.2, -0.15) is 0 Å². The van der Waals surface area contributed by atoms with Gasteiger partial charge in [0.15, 0.2) is 0 Å². The van der Waals surface area contributed by atoms with Crippen LogP contribution in [-0.4, -0.2) is 69.4 Å². The molecule has 0 radical (unpaired) electrons. The van der Waals surface area contributed by atoms with Gasteiger partial charge in [-0.15, -0.1) is 0 Å². The lowest BCUT2D eigenvalue weighted by atomic mass is 10.0. The standard InChI is InChI=1S/C59H109N2O7P/c1-7-10-13-16-19-22-25-28-30-32-33-36-39-42-45-48-51-58(62)60-56(55-67-69(64,65)66-54-53-61(4,5)6)57(50-47-44-41-38-35-27-24-21-18-15-12-9-3)68-59(63)52-49-46-43-40-37-34-31-29-26-23-20-17-14-11-8-2/h10,13,19,22,28,30,33,36,47,50,56-57H,7-9,11-12,14-18,20-21,23-27,29,31-32,34-35,37-46,48-49,51-55H2,1-6H3,(H-,60,62,64,65)/b13-10+,22-19+,30-28+,36-33+,50-47+. The van der Waals surface area contributed by atoms with Crippen molar-refractivity contribution in [3.05, 3.63) is 60.8 Å². The first-order chi connectivity index (χ1) is 33.4. The minimum Gasteiger partial charge on any atom is -0.756 e. The Bertz CT molecular complexity index is 1370. The number of phosphoric acid groups is 1. The Morgan fingerprint density at radius 2 is 0.928 bits per heavy atom. The second kappa shape index (κ2) is 49.3. The Balaban J connectivity index is 5.40. The molecule has 1 amide bonds. The number of likely N-dealkylation sites (N-methyl/N-ethyl adjacent to an activating group) is 1. The van der Waals surface area contributed by atoms with Crippen LogP contribution in [0.1, 0.15) is 252 Å². The highest BCUT2D eigenvalue weighted by Gasteiger charge is 2.27. The van der Waals surface area contributed by atoms with Gasteiger partial charge in [0.05, 0.1) is 33.8 Å². The molecule has 0 aromatic carbocycles. The Morgan fingerprint density at radius 3 is 1.41 bits per heavy atom. The summed E-state index contributed by atoms with van der Waals surface area (Å²) in [6.07, 6.45) is 60.4. The molecule has 0 saturated carbocycles. The van der Waals surface area contributed by atoms with Gasteiger partial charge in [-0.05, 0) is 70.3 Å². The normalized spacial score (nSPS) is 14.2. The monoisotopic (exact) mass is 989 g/mol. The van der Waals surface area contributed by atoms with E-state index in [4.69, 9.17) is 13.8 Å². The van der Waals surface area contributed by atoms with Crippen LogP contribution < -0.4 is 10.2 Å². The molecule has 0 bridgehead atoms. The second-order valence-corrected chi connectivity index (χ2v) is 21.8. The molecule has 0 rings (SSSR count). The molecule has 402 valence electrons. The molecule has 69 heavy (non-hydrogen) atoms. The summed E-state index contributed by atoms with van der Waals surface area (Å²) in [7, 11) is 1.16. The minimum atomic E-state index is -4.70. The number of carbonyl (C=O) groups is 2. The van der Waals surface area contributed by atoms with Crippen LogP contribution in [0, 0.1) is 0 Å². The fourth-order valence-corrected chi connectivity index (χ4v) is 8.76. The Labute approximate surface area is 426 Å². The number of allylic oxidation sites excluding steroid dienone is 9. The summed E-state index contributed by atoms with van der Waals surface area (Å²) in [6.45, 7) is 6.70. The first-order valence-electron chi connectivity index (χ1n) is 28.6. The first-order valence-corrected chi connectivity index (χ1v) is 30.1. The van der Waals surface area contributed by atoms with Crippen molar-refractivity contribution < 1.29 is 37.3 Å². The van der Waals surface area contributed by atoms with Gasteiger partial charge in [0.2, 0.25) is 5.91 Å². The summed E-state index contributed by atoms with van der Waals surface area (Å²) in [6, 6.07) is -0.903. The van der Waals surface area contributed by atoms with Crippen LogP contribution in [0.15, 0.2) is 60.8 Å². The number of unbranched alkanes of at least 4 members (excludes halogenated alkanes) is 27. The topological polar surface area (TPSA) is 114 Å². The lowest BCUT2D eigenvalue weighted by Crippen LogP contribution is -2.47. The van der Waals surface area contributed by atoms with Crippen LogP contribution in [0.5, 0.6) is 0 Å². The van der Waals surface area contributed by atoms with Gasteiger partial charge in [0.1, 0.15) is 19.3 Å². The highest BCUT2D eigenvalue weighted by molar-refractivity contribution is 7.45. The zero-order valence-corrected chi connectivity index (χ0v) is 46.7. The summed E-state index contributed by atoms with van der Waals surface area (Å²) in [4.78, 5) is 39.8. The number of rotatable bonds is 51. The molecular weight excluding hydrogens is 880 g/mol. The van der Waals surface area contributed by atoms with Gasteiger partial charge in [0, 0.05) is 12.8 Å². The number of nitrogens with one attached hydrogen (secondary N) is 1. The molecule has 0 aromatic rings. The molecule has 0 fully saturated rings. The summed E-state index contributed by atoms with van der Waals surface area (Å²) >= 11 is 0. The van der Waals surface area contributed by atoms with Crippen LogP contribution in [0.25, 0.3) is 0 Å². The maximum atomic E-state index is 13.5. The van der Waals surface area contributed by atoms with E-state index in [1.54, 1.807) is 0 Å². The van der Waals surface area contributed by atoms with Crippen LogP contribution in [0.3, 0.4) is 0 Å². The maximum absolute atomic E-state index is 13.5. The lowest BCUT2D eigenvalue weighted by molar-refractivity contribution is -0.870.